The van der Waals surface area contributed by atoms with E-state index >= 15 is 0 Å². The highest BCUT2D eigenvalue weighted by Gasteiger charge is 2.16. The van der Waals surface area contributed by atoms with Crippen LogP contribution in [0.15, 0.2) is 18.2 Å². The zero-order valence-electron chi connectivity index (χ0n) is 8.92. The van der Waals surface area contributed by atoms with Crippen LogP contribution in [-0.2, 0) is 0 Å². The molecule has 0 aliphatic heterocycles. The summed E-state index contributed by atoms with van der Waals surface area (Å²) >= 11 is 13.4. The molecule has 2 nitrogen and oxygen atoms in total. The van der Waals surface area contributed by atoms with Crippen LogP contribution in [-0.4, -0.2) is 0 Å². The van der Waals surface area contributed by atoms with Gasteiger partial charge in [0.05, 0.1) is 5.69 Å². The molecule has 1 heterocycles. The number of hydrogen-bond donors (Lipinski definition) is 1. The van der Waals surface area contributed by atoms with Crippen molar-refractivity contribution in [2.45, 2.75) is 6.92 Å². The molecule has 2 aromatic rings. The normalized spacial score (nSPS) is 10.2. The van der Waals surface area contributed by atoms with Crippen LogP contribution in [0.1, 0.15) is 10.4 Å². The highest BCUT2D eigenvalue weighted by atomic mass is 35.5. The number of benzene rings is 1. The lowest BCUT2D eigenvalue weighted by Crippen LogP contribution is -1.87. The molecule has 5 heteroatoms. The van der Waals surface area contributed by atoms with Gasteiger partial charge in [0, 0.05) is 20.5 Å². The topological polar surface area (TPSA) is 49.8 Å². The SMILES string of the molecule is Cc1c(-c2cc(Cl)ccc2Cl)sc(C#N)c1N. The van der Waals surface area contributed by atoms with Crippen LogP contribution in [0.25, 0.3) is 10.4 Å². The molecule has 1 aromatic carbocycles. The minimum absolute atomic E-state index is 0.508. The number of thiophene rings is 1. The Labute approximate surface area is 113 Å². The van der Waals surface area contributed by atoms with E-state index in [1.807, 2.05) is 6.92 Å². The maximum atomic E-state index is 8.95. The summed E-state index contributed by atoms with van der Waals surface area (Å²) in [5.74, 6) is 0. The van der Waals surface area contributed by atoms with Gasteiger partial charge in [-0.25, -0.2) is 0 Å². The van der Waals surface area contributed by atoms with Crippen molar-refractivity contribution < 1.29 is 0 Å². The van der Waals surface area contributed by atoms with E-state index in [0.717, 1.165) is 16.0 Å². The van der Waals surface area contributed by atoms with Gasteiger partial charge in [0.1, 0.15) is 10.9 Å². The van der Waals surface area contributed by atoms with E-state index in [1.165, 1.54) is 11.3 Å². The number of nitrogens with two attached hydrogens (primary N) is 1. The fourth-order valence-electron chi connectivity index (χ4n) is 1.54. The molecule has 0 unspecified atom stereocenters. The van der Waals surface area contributed by atoms with Crippen molar-refractivity contribution in [3.05, 3.63) is 38.7 Å². The molecular weight excluding hydrogens is 275 g/mol. The molecule has 0 bridgehead atoms. The number of anilines is 1. The van der Waals surface area contributed by atoms with Gasteiger partial charge in [-0.15, -0.1) is 11.3 Å². The maximum absolute atomic E-state index is 8.95. The van der Waals surface area contributed by atoms with Gasteiger partial charge >= 0.3 is 0 Å². The number of halogens is 2. The van der Waals surface area contributed by atoms with Crippen LogP contribution >= 0.6 is 34.5 Å². The first-order chi connectivity index (χ1) is 8.04. The minimum Gasteiger partial charge on any atom is -0.397 e. The smallest absolute Gasteiger partial charge is 0.128 e. The van der Waals surface area contributed by atoms with Crippen LogP contribution in [0.3, 0.4) is 0 Å². The van der Waals surface area contributed by atoms with Crippen molar-refractivity contribution in [2.75, 3.05) is 5.73 Å². The third-order valence-corrected chi connectivity index (χ3v) is 4.28. The second kappa shape index (κ2) is 4.58. The van der Waals surface area contributed by atoms with Crippen molar-refractivity contribution in [2.24, 2.45) is 0 Å². The van der Waals surface area contributed by atoms with Crippen molar-refractivity contribution in [1.29, 1.82) is 5.26 Å². The van der Waals surface area contributed by atoms with E-state index in [-0.39, 0.29) is 0 Å². The Morgan fingerprint density at radius 2 is 2.06 bits per heavy atom. The summed E-state index contributed by atoms with van der Waals surface area (Å²) < 4.78 is 0. The number of rotatable bonds is 1. The van der Waals surface area contributed by atoms with Crippen molar-refractivity contribution in [3.63, 3.8) is 0 Å². The van der Waals surface area contributed by atoms with Gasteiger partial charge in [-0.3, -0.25) is 0 Å². The molecule has 2 rings (SSSR count). The van der Waals surface area contributed by atoms with Gasteiger partial charge in [0.2, 0.25) is 0 Å². The molecule has 0 aliphatic carbocycles. The summed E-state index contributed by atoms with van der Waals surface area (Å²) in [4.78, 5) is 1.40. The summed E-state index contributed by atoms with van der Waals surface area (Å²) in [6.45, 7) is 1.87. The van der Waals surface area contributed by atoms with Crippen molar-refractivity contribution in [1.82, 2.24) is 0 Å². The summed E-state index contributed by atoms with van der Waals surface area (Å²) in [6.07, 6.45) is 0. The first kappa shape index (κ1) is 12.3. The zero-order chi connectivity index (χ0) is 12.6. The molecule has 0 atom stereocenters. The second-order valence-corrected chi connectivity index (χ2v) is 5.40. The Kier molecular flexibility index (Phi) is 3.30. The summed E-state index contributed by atoms with van der Waals surface area (Å²) in [7, 11) is 0. The van der Waals surface area contributed by atoms with Gasteiger partial charge < -0.3 is 5.73 Å². The van der Waals surface area contributed by atoms with Crippen LogP contribution in [0.5, 0.6) is 0 Å². The van der Waals surface area contributed by atoms with Crippen LogP contribution in [0, 0.1) is 18.3 Å². The van der Waals surface area contributed by atoms with Crippen LogP contribution in [0.4, 0.5) is 5.69 Å². The average Bonchev–Trinajstić information content (AvgIpc) is 2.59. The molecular formula is C12H8Cl2N2S. The molecule has 0 aliphatic rings. The standard InChI is InChI=1S/C12H8Cl2N2S/c1-6-11(16)10(5-15)17-12(6)8-4-7(13)2-3-9(8)14/h2-4H,16H2,1H3. The Balaban J connectivity index is 2.69. The fourth-order valence-corrected chi connectivity index (χ4v) is 3.03. The predicted molar refractivity (Wildman–Crippen MR) is 73.6 cm³/mol. The molecule has 86 valence electrons. The first-order valence-electron chi connectivity index (χ1n) is 4.79. The summed E-state index contributed by atoms with van der Waals surface area (Å²) in [5.41, 5.74) is 8.05. The maximum Gasteiger partial charge on any atom is 0.128 e. The molecule has 0 saturated carbocycles. The fraction of sp³-hybridized carbons (Fsp3) is 0.0833. The van der Waals surface area contributed by atoms with Gasteiger partial charge in [0.15, 0.2) is 0 Å². The molecule has 0 fully saturated rings. The van der Waals surface area contributed by atoms with E-state index < -0.39 is 0 Å². The Bertz CT molecular complexity index is 626. The van der Waals surface area contributed by atoms with Crippen molar-refractivity contribution >= 4 is 40.2 Å². The Hall–Kier alpha value is -1.21. The lowest BCUT2D eigenvalue weighted by Gasteiger charge is -2.03. The number of hydrogen-bond acceptors (Lipinski definition) is 3. The van der Waals surface area contributed by atoms with Crippen molar-refractivity contribution in [3.8, 4) is 16.5 Å². The summed E-state index contributed by atoms with van der Waals surface area (Å²) in [5, 5.41) is 10.2. The van der Waals surface area contributed by atoms with E-state index in [4.69, 9.17) is 34.2 Å². The van der Waals surface area contributed by atoms with E-state index in [0.29, 0.717) is 20.6 Å². The molecule has 0 radical (unpaired) electrons. The summed E-state index contributed by atoms with van der Waals surface area (Å²) in [6, 6.07) is 7.32. The zero-order valence-corrected chi connectivity index (χ0v) is 11.2. The molecule has 0 saturated heterocycles. The van der Waals surface area contributed by atoms with E-state index in [9.17, 15) is 0 Å². The number of nitrogens with zero attached hydrogens (tertiary/aromatic N) is 1. The van der Waals surface area contributed by atoms with Crippen LogP contribution in [0.2, 0.25) is 10.0 Å². The number of nitriles is 1. The molecule has 1 aromatic heterocycles. The Morgan fingerprint density at radius 1 is 1.35 bits per heavy atom. The second-order valence-electron chi connectivity index (χ2n) is 3.53. The van der Waals surface area contributed by atoms with Gasteiger partial charge in [-0.1, -0.05) is 23.2 Å². The minimum atomic E-state index is 0.508. The number of nitrogen functional groups attached to an aromatic ring is 1. The third kappa shape index (κ3) is 2.12. The van der Waals surface area contributed by atoms with Gasteiger partial charge in [-0.05, 0) is 30.7 Å². The van der Waals surface area contributed by atoms with Gasteiger partial charge in [0.25, 0.3) is 0 Å². The lowest BCUT2D eigenvalue weighted by atomic mass is 10.1. The Morgan fingerprint density at radius 3 is 2.65 bits per heavy atom. The van der Waals surface area contributed by atoms with Crippen LogP contribution < -0.4 is 5.73 Å². The molecule has 2 N–H and O–H groups in total. The van der Waals surface area contributed by atoms with E-state index in [1.54, 1.807) is 18.2 Å². The van der Waals surface area contributed by atoms with Gasteiger partial charge in [-0.2, -0.15) is 5.26 Å². The predicted octanol–water partition coefficient (Wildman–Crippen LogP) is 4.48. The largest absolute Gasteiger partial charge is 0.397 e. The highest BCUT2D eigenvalue weighted by Crippen LogP contribution is 2.41. The molecule has 0 spiro atoms. The lowest BCUT2D eigenvalue weighted by molar-refractivity contribution is 1.49. The molecule has 17 heavy (non-hydrogen) atoms. The quantitative estimate of drug-likeness (QED) is 0.838. The van der Waals surface area contributed by atoms with E-state index in [2.05, 4.69) is 6.07 Å². The third-order valence-electron chi connectivity index (χ3n) is 2.47. The monoisotopic (exact) mass is 282 g/mol. The highest BCUT2D eigenvalue weighted by molar-refractivity contribution is 7.16. The first-order valence-corrected chi connectivity index (χ1v) is 6.36. The average molecular weight is 283 g/mol. The molecule has 0 amide bonds.